The Morgan fingerprint density at radius 2 is 1.61 bits per heavy atom. The number of hydrogen-bond donors (Lipinski definition) is 1. The first-order valence-electron chi connectivity index (χ1n) is 12.8. The van der Waals surface area contributed by atoms with Crippen LogP contribution in [0.5, 0.6) is 11.5 Å². The lowest BCUT2D eigenvalue weighted by Gasteiger charge is -2.22. The summed E-state index contributed by atoms with van der Waals surface area (Å²) in [6, 6.07) is 21.8. The van der Waals surface area contributed by atoms with E-state index in [4.69, 9.17) is 9.47 Å². The summed E-state index contributed by atoms with van der Waals surface area (Å²) in [5.41, 5.74) is 3.78. The van der Waals surface area contributed by atoms with Crippen molar-refractivity contribution in [2.75, 3.05) is 24.1 Å². The van der Waals surface area contributed by atoms with Gasteiger partial charge in [0.1, 0.15) is 25.4 Å². The molecule has 5 rings (SSSR count). The van der Waals surface area contributed by atoms with Crippen LogP contribution in [0.25, 0.3) is 5.69 Å². The van der Waals surface area contributed by atoms with E-state index in [1.807, 2.05) is 6.07 Å². The van der Waals surface area contributed by atoms with E-state index in [0.29, 0.717) is 47.4 Å². The Balaban J connectivity index is 1.49. The van der Waals surface area contributed by atoms with E-state index in [0.717, 1.165) is 4.31 Å². The third kappa shape index (κ3) is 5.46. The highest BCUT2D eigenvalue weighted by Gasteiger charge is 2.33. The molecule has 41 heavy (non-hydrogen) atoms. The van der Waals surface area contributed by atoms with Gasteiger partial charge in [-0.3, -0.25) is 14.3 Å². The third-order valence-electron chi connectivity index (χ3n) is 6.70. The highest BCUT2D eigenvalue weighted by molar-refractivity contribution is 7.92. The molecule has 3 aromatic carbocycles. The summed E-state index contributed by atoms with van der Waals surface area (Å²) in [4.78, 5) is 26.9. The predicted molar refractivity (Wildman–Crippen MR) is 155 cm³/mol. The van der Waals surface area contributed by atoms with Crippen molar-refractivity contribution in [1.82, 2.24) is 14.8 Å². The van der Waals surface area contributed by atoms with Crippen LogP contribution in [0, 0.1) is 6.92 Å². The number of nitrogens with zero attached hydrogens (tertiary/aromatic N) is 4. The van der Waals surface area contributed by atoms with Crippen molar-refractivity contribution in [3.8, 4) is 17.2 Å². The SMILES string of the molecule is C/C(=N/NC(=O)CN(c1c(C)n(C)n(-c2ccccc2)c1=O)S(=O)(=O)c1ccccc1)c1ccc2c(c1)OCCO2. The fraction of sp³-hybridized carbons (Fsp3) is 0.207. The Morgan fingerprint density at radius 3 is 2.29 bits per heavy atom. The number of fused-ring (bicyclic) bond motifs is 1. The molecule has 1 aromatic heterocycles. The molecule has 212 valence electrons. The molecule has 0 spiro atoms. The van der Waals surface area contributed by atoms with E-state index in [1.54, 1.807) is 86.2 Å². The van der Waals surface area contributed by atoms with Crippen molar-refractivity contribution >= 4 is 27.3 Å². The fourth-order valence-electron chi connectivity index (χ4n) is 4.49. The first-order valence-corrected chi connectivity index (χ1v) is 14.3. The van der Waals surface area contributed by atoms with Gasteiger partial charge in [-0.25, -0.2) is 22.8 Å². The van der Waals surface area contributed by atoms with Gasteiger partial charge in [0.05, 0.1) is 22.0 Å². The Kier molecular flexibility index (Phi) is 7.66. The number of hydrogen-bond acceptors (Lipinski definition) is 7. The van der Waals surface area contributed by atoms with E-state index in [1.165, 1.54) is 16.8 Å². The molecule has 0 unspecified atom stereocenters. The average Bonchev–Trinajstić information content (AvgIpc) is 3.21. The van der Waals surface area contributed by atoms with Gasteiger partial charge in [-0.1, -0.05) is 36.4 Å². The van der Waals surface area contributed by atoms with Gasteiger partial charge in [-0.2, -0.15) is 5.10 Å². The Hall–Kier alpha value is -4.84. The fourth-order valence-corrected chi connectivity index (χ4v) is 5.98. The number of benzene rings is 3. The zero-order valence-corrected chi connectivity index (χ0v) is 23.6. The number of anilines is 1. The van der Waals surface area contributed by atoms with Crippen molar-refractivity contribution in [1.29, 1.82) is 0 Å². The monoisotopic (exact) mass is 575 g/mol. The molecular weight excluding hydrogens is 546 g/mol. The standard InChI is InChI=1S/C29H29N5O6S/c1-20(22-14-15-25-26(18-22)40-17-16-39-25)30-31-27(35)19-33(41(37,38)24-12-8-5-9-13-24)28-21(2)32(3)34(29(28)36)23-10-6-4-7-11-23/h4-15,18H,16-17,19H2,1-3H3,(H,31,35)/b30-20-. The predicted octanol–water partition coefficient (Wildman–Crippen LogP) is 2.99. The zero-order valence-electron chi connectivity index (χ0n) is 22.8. The summed E-state index contributed by atoms with van der Waals surface area (Å²) >= 11 is 0. The third-order valence-corrected chi connectivity index (χ3v) is 8.46. The topological polar surface area (TPSA) is 124 Å². The second-order valence-corrected chi connectivity index (χ2v) is 11.2. The maximum Gasteiger partial charge on any atom is 0.296 e. The smallest absolute Gasteiger partial charge is 0.296 e. The molecule has 1 aliphatic rings. The molecular formula is C29H29N5O6S. The van der Waals surface area contributed by atoms with E-state index in [2.05, 4.69) is 10.5 Å². The minimum absolute atomic E-state index is 0.0577. The summed E-state index contributed by atoms with van der Waals surface area (Å²) in [6.45, 7) is 3.55. The molecule has 0 bridgehead atoms. The number of sulfonamides is 1. The van der Waals surface area contributed by atoms with Crippen LogP contribution in [0.3, 0.4) is 0 Å². The number of amides is 1. The second-order valence-electron chi connectivity index (χ2n) is 9.33. The largest absolute Gasteiger partial charge is 0.486 e. The number of aromatic nitrogens is 2. The molecule has 1 aliphatic heterocycles. The Morgan fingerprint density at radius 1 is 0.976 bits per heavy atom. The summed E-state index contributed by atoms with van der Waals surface area (Å²) < 4.78 is 42.6. The lowest BCUT2D eigenvalue weighted by atomic mass is 10.1. The number of para-hydroxylation sites is 1. The summed E-state index contributed by atoms with van der Waals surface area (Å²) in [6.07, 6.45) is 0. The highest BCUT2D eigenvalue weighted by Crippen LogP contribution is 2.31. The summed E-state index contributed by atoms with van der Waals surface area (Å²) in [5, 5.41) is 4.17. The van der Waals surface area contributed by atoms with Gasteiger partial charge in [0.2, 0.25) is 0 Å². The maximum absolute atomic E-state index is 13.9. The molecule has 0 atom stereocenters. The van der Waals surface area contributed by atoms with Gasteiger partial charge in [-0.15, -0.1) is 0 Å². The van der Waals surface area contributed by atoms with Crippen molar-refractivity contribution in [3.63, 3.8) is 0 Å². The van der Waals surface area contributed by atoms with Gasteiger partial charge in [0.25, 0.3) is 21.5 Å². The van der Waals surface area contributed by atoms with E-state index in [-0.39, 0.29) is 10.6 Å². The highest BCUT2D eigenvalue weighted by atomic mass is 32.2. The van der Waals surface area contributed by atoms with Crippen molar-refractivity contribution in [3.05, 3.63) is 100 Å². The molecule has 0 fully saturated rings. The van der Waals surface area contributed by atoms with Gasteiger partial charge < -0.3 is 9.47 Å². The van der Waals surface area contributed by atoms with E-state index in [9.17, 15) is 18.0 Å². The van der Waals surface area contributed by atoms with Gasteiger partial charge in [0, 0.05) is 12.6 Å². The maximum atomic E-state index is 13.9. The molecule has 12 heteroatoms. The van der Waals surface area contributed by atoms with Crippen LogP contribution in [0.1, 0.15) is 18.2 Å². The first-order chi connectivity index (χ1) is 19.7. The normalized spacial score (nSPS) is 13.1. The summed E-state index contributed by atoms with van der Waals surface area (Å²) in [5.74, 6) is 0.470. The molecule has 0 saturated heterocycles. The molecule has 0 aliphatic carbocycles. The van der Waals surface area contributed by atoms with E-state index < -0.39 is 28.0 Å². The number of nitrogens with one attached hydrogen (secondary N) is 1. The first kappa shape index (κ1) is 27.7. The lowest BCUT2D eigenvalue weighted by molar-refractivity contribution is -0.119. The molecule has 0 saturated carbocycles. The molecule has 1 amide bonds. The van der Waals surface area contributed by atoms with E-state index >= 15 is 0 Å². The van der Waals surface area contributed by atoms with Crippen molar-refractivity contribution in [2.24, 2.45) is 12.1 Å². The summed E-state index contributed by atoms with van der Waals surface area (Å²) in [7, 11) is -2.66. The van der Waals surface area contributed by atoms with Gasteiger partial charge >= 0.3 is 0 Å². The second kappa shape index (κ2) is 11.3. The molecule has 1 N–H and O–H groups in total. The molecule has 2 heterocycles. The van der Waals surface area contributed by atoms with Gasteiger partial charge in [0.15, 0.2) is 11.5 Å². The van der Waals surface area contributed by atoms with Crippen LogP contribution < -0.4 is 24.8 Å². The van der Waals surface area contributed by atoms with Crippen LogP contribution >= 0.6 is 0 Å². The number of carbonyl (C=O) groups excluding carboxylic acids is 1. The molecule has 0 radical (unpaired) electrons. The van der Waals surface area contributed by atoms with Crippen molar-refractivity contribution in [2.45, 2.75) is 18.7 Å². The molecule has 4 aromatic rings. The van der Waals surface area contributed by atoms with Crippen LogP contribution in [0.15, 0.2) is 93.7 Å². The lowest BCUT2D eigenvalue weighted by Crippen LogP contribution is -2.42. The minimum Gasteiger partial charge on any atom is -0.486 e. The number of rotatable bonds is 8. The van der Waals surface area contributed by atoms with Crippen LogP contribution in [-0.4, -0.2) is 49.2 Å². The zero-order chi connectivity index (χ0) is 29.1. The van der Waals surface area contributed by atoms with Crippen LogP contribution in [0.2, 0.25) is 0 Å². The van der Waals surface area contributed by atoms with Crippen LogP contribution in [0.4, 0.5) is 5.69 Å². The number of carbonyl (C=O) groups is 1. The Bertz CT molecular complexity index is 1780. The van der Waals surface area contributed by atoms with Crippen LogP contribution in [-0.2, 0) is 21.9 Å². The van der Waals surface area contributed by atoms with Gasteiger partial charge in [-0.05, 0) is 56.3 Å². The number of hydrazone groups is 1. The molecule has 11 nitrogen and oxygen atoms in total. The quantitative estimate of drug-likeness (QED) is 0.255. The van der Waals surface area contributed by atoms with Crippen molar-refractivity contribution < 1.29 is 22.7 Å². The number of ether oxygens (including phenoxy) is 2. The minimum atomic E-state index is -4.31. The Labute approximate surface area is 237 Å². The average molecular weight is 576 g/mol.